The van der Waals surface area contributed by atoms with Gasteiger partial charge in [-0.3, -0.25) is 0 Å². The van der Waals surface area contributed by atoms with Crippen LogP contribution in [0.2, 0.25) is 0 Å². The maximum atomic E-state index is 6.07. The van der Waals surface area contributed by atoms with Crippen molar-refractivity contribution in [2.24, 2.45) is 0 Å². The summed E-state index contributed by atoms with van der Waals surface area (Å²) in [5.74, 6) is 1.33. The lowest BCUT2D eigenvalue weighted by Gasteiger charge is -2.24. The highest BCUT2D eigenvalue weighted by molar-refractivity contribution is 5.85. The van der Waals surface area contributed by atoms with Crippen molar-refractivity contribution in [2.75, 3.05) is 11.9 Å². The van der Waals surface area contributed by atoms with E-state index in [0.717, 1.165) is 27.9 Å². The van der Waals surface area contributed by atoms with E-state index in [4.69, 9.17) is 14.7 Å². The zero-order chi connectivity index (χ0) is 21.2. The Kier molecular flexibility index (Phi) is 5.59. The molecule has 7 heteroatoms. The van der Waals surface area contributed by atoms with Gasteiger partial charge in [0.15, 0.2) is 0 Å². The molecule has 1 fully saturated rings. The zero-order valence-corrected chi connectivity index (χ0v) is 18.3. The number of aromatic nitrogens is 4. The molecule has 162 valence electrons. The summed E-state index contributed by atoms with van der Waals surface area (Å²) in [6.45, 7) is 5.40. The van der Waals surface area contributed by atoms with Crippen molar-refractivity contribution < 1.29 is 4.74 Å². The summed E-state index contributed by atoms with van der Waals surface area (Å²) >= 11 is 0. The van der Waals surface area contributed by atoms with Crippen LogP contribution in [0.15, 0.2) is 36.7 Å². The first-order valence-corrected chi connectivity index (χ1v) is 11.4. The number of rotatable bonds is 5. The first kappa shape index (κ1) is 20.0. The maximum absolute atomic E-state index is 6.07. The molecule has 1 saturated carbocycles. The van der Waals surface area contributed by atoms with E-state index in [1.807, 2.05) is 29.9 Å². The van der Waals surface area contributed by atoms with E-state index in [1.165, 1.54) is 32.1 Å². The average Bonchev–Trinajstić information content (AvgIpc) is 3.18. The van der Waals surface area contributed by atoms with Gasteiger partial charge in [0.25, 0.3) is 0 Å². The van der Waals surface area contributed by atoms with Gasteiger partial charge in [0.2, 0.25) is 11.8 Å². The molecule has 0 bridgehead atoms. The minimum absolute atomic E-state index is 0.203. The fourth-order valence-electron chi connectivity index (χ4n) is 4.60. The van der Waals surface area contributed by atoms with Gasteiger partial charge in [0.1, 0.15) is 0 Å². The Morgan fingerprint density at radius 1 is 1.19 bits per heavy atom. The lowest BCUT2D eigenvalue weighted by molar-refractivity contribution is 0.324. The van der Waals surface area contributed by atoms with E-state index in [-0.39, 0.29) is 6.04 Å². The zero-order valence-electron chi connectivity index (χ0n) is 18.3. The van der Waals surface area contributed by atoms with Crippen LogP contribution < -0.4 is 15.4 Å². The van der Waals surface area contributed by atoms with Crippen LogP contribution in [0, 0.1) is 0 Å². The molecule has 7 nitrogen and oxygen atoms in total. The maximum Gasteiger partial charge on any atom is 0.226 e. The van der Waals surface area contributed by atoms with Gasteiger partial charge >= 0.3 is 0 Å². The highest BCUT2D eigenvalue weighted by Gasteiger charge is 2.25. The molecular weight excluding hydrogens is 388 g/mol. The molecule has 1 aliphatic carbocycles. The molecule has 1 aliphatic heterocycles. The largest absolute Gasteiger partial charge is 0.477 e. The summed E-state index contributed by atoms with van der Waals surface area (Å²) in [5.41, 5.74) is 5.22. The molecule has 0 unspecified atom stereocenters. The standard InChI is InChI=1S/C24H30N6O/c1-3-31-23-22-20(17-10-12-30-19(14-17)9-11-26-30)13-16(2)25-15-21(22)28-24(29-23)27-18-7-5-4-6-8-18/h9-14,16,18,25H,3-8,15H2,1-2H3,(H,27,28,29)/t16-/m1/s1. The molecule has 31 heavy (non-hydrogen) atoms. The number of hydrogen-bond donors (Lipinski definition) is 2. The second-order valence-electron chi connectivity index (χ2n) is 8.45. The number of pyridine rings is 1. The molecule has 0 amide bonds. The minimum Gasteiger partial charge on any atom is -0.477 e. The molecule has 1 atom stereocenters. The monoisotopic (exact) mass is 418 g/mol. The number of hydrogen-bond acceptors (Lipinski definition) is 6. The van der Waals surface area contributed by atoms with Gasteiger partial charge in [-0.2, -0.15) is 10.1 Å². The highest BCUT2D eigenvalue weighted by Crippen LogP contribution is 2.36. The molecule has 3 aromatic rings. The Morgan fingerprint density at radius 2 is 2.06 bits per heavy atom. The predicted molar refractivity (Wildman–Crippen MR) is 122 cm³/mol. The summed E-state index contributed by atoms with van der Waals surface area (Å²) < 4.78 is 7.95. The molecule has 0 aromatic carbocycles. The van der Waals surface area contributed by atoms with Crippen molar-refractivity contribution in [1.82, 2.24) is 24.9 Å². The molecule has 2 aliphatic rings. The molecule has 3 aromatic heterocycles. The van der Waals surface area contributed by atoms with Crippen LogP contribution >= 0.6 is 0 Å². The molecule has 0 radical (unpaired) electrons. The second kappa shape index (κ2) is 8.67. The van der Waals surface area contributed by atoms with Crippen LogP contribution in [0.1, 0.15) is 62.8 Å². The summed E-state index contributed by atoms with van der Waals surface area (Å²) in [4.78, 5) is 9.78. The van der Waals surface area contributed by atoms with E-state index in [0.29, 0.717) is 31.0 Å². The molecule has 0 spiro atoms. The Hall–Kier alpha value is -2.93. The van der Waals surface area contributed by atoms with Gasteiger partial charge in [-0.15, -0.1) is 0 Å². The van der Waals surface area contributed by atoms with Gasteiger partial charge in [-0.25, -0.2) is 9.50 Å². The van der Waals surface area contributed by atoms with Crippen molar-refractivity contribution in [1.29, 1.82) is 0 Å². The number of nitrogens with zero attached hydrogens (tertiary/aromatic N) is 4. The lowest BCUT2D eigenvalue weighted by Crippen LogP contribution is -2.25. The Bertz CT molecular complexity index is 1100. The van der Waals surface area contributed by atoms with Crippen LogP contribution in [-0.2, 0) is 6.54 Å². The van der Waals surface area contributed by atoms with E-state index in [9.17, 15) is 0 Å². The summed E-state index contributed by atoms with van der Waals surface area (Å²) in [6, 6.07) is 6.91. The van der Waals surface area contributed by atoms with Gasteiger partial charge in [0, 0.05) is 31.0 Å². The van der Waals surface area contributed by atoms with Crippen LogP contribution in [-0.4, -0.2) is 38.3 Å². The first-order chi connectivity index (χ1) is 15.2. The fraction of sp³-hybridized carbons (Fsp3) is 0.458. The van der Waals surface area contributed by atoms with E-state index >= 15 is 0 Å². The van der Waals surface area contributed by atoms with Crippen molar-refractivity contribution >= 4 is 17.0 Å². The molecule has 4 heterocycles. The van der Waals surface area contributed by atoms with Crippen molar-refractivity contribution in [3.63, 3.8) is 0 Å². The third-order valence-electron chi connectivity index (χ3n) is 6.16. The molecule has 0 saturated heterocycles. The van der Waals surface area contributed by atoms with Crippen LogP contribution in [0.4, 0.5) is 5.95 Å². The number of fused-ring (bicyclic) bond motifs is 2. The smallest absolute Gasteiger partial charge is 0.226 e. The first-order valence-electron chi connectivity index (χ1n) is 11.4. The predicted octanol–water partition coefficient (Wildman–Crippen LogP) is 4.19. The highest BCUT2D eigenvalue weighted by atomic mass is 16.5. The number of nitrogens with one attached hydrogen (secondary N) is 2. The van der Waals surface area contributed by atoms with Crippen LogP contribution in [0.3, 0.4) is 0 Å². The fourth-order valence-corrected chi connectivity index (χ4v) is 4.60. The summed E-state index contributed by atoms with van der Waals surface area (Å²) in [6.07, 6.45) is 12.3. The van der Waals surface area contributed by atoms with E-state index in [1.54, 1.807) is 0 Å². The Morgan fingerprint density at radius 3 is 2.90 bits per heavy atom. The average molecular weight is 419 g/mol. The van der Waals surface area contributed by atoms with Crippen molar-refractivity contribution in [3.8, 4) is 5.88 Å². The normalized spacial score (nSPS) is 19.5. The molecule has 2 N–H and O–H groups in total. The van der Waals surface area contributed by atoms with E-state index in [2.05, 4.69) is 40.9 Å². The minimum atomic E-state index is 0.203. The van der Waals surface area contributed by atoms with E-state index < -0.39 is 0 Å². The van der Waals surface area contributed by atoms with Gasteiger partial charge in [-0.1, -0.05) is 25.3 Å². The second-order valence-corrected chi connectivity index (χ2v) is 8.45. The Balaban J connectivity index is 1.59. The van der Waals surface area contributed by atoms with Crippen molar-refractivity contribution in [2.45, 2.75) is 64.6 Å². The van der Waals surface area contributed by atoms with Crippen molar-refractivity contribution in [3.05, 3.63) is 53.5 Å². The SMILES string of the molecule is CCOc1nc(NC2CCCCC2)nc2c1C(c1ccn3nccc3c1)=C[C@@H](C)NC2. The number of ether oxygens (including phenoxy) is 1. The third kappa shape index (κ3) is 4.14. The third-order valence-corrected chi connectivity index (χ3v) is 6.16. The summed E-state index contributed by atoms with van der Waals surface area (Å²) in [7, 11) is 0. The summed E-state index contributed by atoms with van der Waals surface area (Å²) in [5, 5.41) is 11.5. The lowest BCUT2D eigenvalue weighted by atomic mass is 9.95. The molecule has 5 rings (SSSR count). The number of anilines is 1. The van der Waals surface area contributed by atoms with Crippen LogP contribution in [0.5, 0.6) is 5.88 Å². The van der Waals surface area contributed by atoms with Gasteiger partial charge in [0.05, 0.1) is 23.4 Å². The van der Waals surface area contributed by atoms with Gasteiger partial charge in [-0.05, 0) is 56.0 Å². The van der Waals surface area contributed by atoms with Crippen LogP contribution in [0.25, 0.3) is 11.1 Å². The Labute approximate surface area is 182 Å². The topological polar surface area (TPSA) is 76.4 Å². The quantitative estimate of drug-likeness (QED) is 0.647. The molecular formula is C24H30N6O. The van der Waals surface area contributed by atoms with Gasteiger partial charge < -0.3 is 15.4 Å².